The molecule has 1 fully saturated rings. The molecule has 0 heterocycles. The highest BCUT2D eigenvalue weighted by molar-refractivity contribution is 5.45. The van der Waals surface area contributed by atoms with Gasteiger partial charge >= 0.3 is 0 Å². The molecule has 0 bridgehead atoms. The largest absolute Gasteiger partial charge is 0.495 e. The summed E-state index contributed by atoms with van der Waals surface area (Å²) in [5.41, 5.74) is 1.77. The van der Waals surface area contributed by atoms with Crippen molar-refractivity contribution in [2.24, 2.45) is 5.92 Å². The van der Waals surface area contributed by atoms with E-state index in [1.807, 2.05) is 18.2 Å². The van der Waals surface area contributed by atoms with Gasteiger partial charge in [0.05, 0.1) is 12.7 Å². The zero-order valence-corrected chi connectivity index (χ0v) is 13.2. The number of ether oxygens (including phenoxy) is 1. The van der Waals surface area contributed by atoms with E-state index in [1.165, 1.54) is 44.1 Å². The Morgan fingerprint density at radius 3 is 2.62 bits per heavy atom. The molecule has 1 N–H and O–H groups in total. The van der Waals surface area contributed by atoms with Gasteiger partial charge in [-0.15, -0.1) is 0 Å². The molecule has 21 heavy (non-hydrogen) atoms. The molecule has 1 atom stereocenters. The van der Waals surface area contributed by atoms with E-state index in [4.69, 9.17) is 10.00 Å². The van der Waals surface area contributed by atoms with Crippen molar-refractivity contribution in [1.29, 1.82) is 5.26 Å². The van der Waals surface area contributed by atoms with E-state index in [2.05, 4.69) is 18.3 Å². The second-order valence-electron chi connectivity index (χ2n) is 6.07. The Labute approximate surface area is 128 Å². The van der Waals surface area contributed by atoms with Crippen LogP contribution in [0, 0.1) is 17.2 Å². The average molecular weight is 286 g/mol. The molecule has 1 aromatic rings. The molecule has 0 amide bonds. The Kier molecular flexibility index (Phi) is 6.07. The lowest BCUT2D eigenvalue weighted by Crippen LogP contribution is -2.32. The van der Waals surface area contributed by atoms with Gasteiger partial charge in [0.25, 0.3) is 0 Å². The molecule has 1 aliphatic carbocycles. The number of nitrogens with one attached hydrogen (secondary N) is 1. The highest BCUT2D eigenvalue weighted by atomic mass is 16.5. The molecule has 0 spiro atoms. The van der Waals surface area contributed by atoms with Crippen molar-refractivity contribution in [2.45, 2.75) is 58.0 Å². The van der Waals surface area contributed by atoms with Crippen molar-refractivity contribution in [1.82, 2.24) is 5.32 Å². The first-order chi connectivity index (χ1) is 10.2. The van der Waals surface area contributed by atoms with E-state index in [-0.39, 0.29) is 0 Å². The van der Waals surface area contributed by atoms with Crippen molar-refractivity contribution in [3.63, 3.8) is 0 Å². The Morgan fingerprint density at radius 2 is 2.00 bits per heavy atom. The Morgan fingerprint density at radius 1 is 1.29 bits per heavy atom. The standard InChI is InChI=1S/C18H26N2O/c1-14(16-7-5-3-4-6-8-16)20-13-15-9-10-17(12-19)18(11-15)21-2/h9-11,14,16,20H,3-8,13H2,1-2H3/t14-/m1/s1. The number of nitrogens with zero attached hydrogens (tertiary/aromatic N) is 1. The third kappa shape index (κ3) is 4.47. The number of rotatable bonds is 5. The van der Waals surface area contributed by atoms with Gasteiger partial charge in [0.1, 0.15) is 11.8 Å². The summed E-state index contributed by atoms with van der Waals surface area (Å²) in [5, 5.41) is 12.7. The molecule has 0 aromatic heterocycles. The maximum absolute atomic E-state index is 9.01. The summed E-state index contributed by atoms with van der Waals surface area (Å²) in [4.78, 5) is 0. The van der Waals surface area contributed by atoms with Crippen LogP contribution in [0.2, 0.25) is 0 Å². The summed E-state index contributed by atoms with van der Waals surface area (Å²) in [6.45, 7) is 3.14. The highest BCUT2D eigenvalue weighted by Crippen LogP contribution is 2.26. The minimum Gasteiger partial charge on any atom is -0.495 e. The molecule has 3 heteroatoms. The van der Waals surface area contributed by atoms with Crippen molar-refractivity contribution < 1.29 is 4.74 Å². The first kappa shape index (κ1) is 15.9. The number of nitriles is 1. The Balaban J connectivity index is 1.91. The van der Waals surface area contributed by atoms with Crippen LogP contribution in [0.25, 0.3) is 0 Å². The van der Waals surface area contributed by atoms with E-state index in [9.17, 15) is 0 Å². The average Bonchev–Trinajstić information content (AvgIpc) is 2.81. The molecule has 0 aliphatic heterocycles. The summed E-state index contributed by atoms with van der Waals surface area (Å²) in [6.07, 6.45) is 8.25. The monoisotopic (exact) mass is 286 g/mol. The van der Waals surface area contributed by atoms with Crippen molar-refractivity contribution in [3.05, 3.63) is 29.3 Å². The quantitative estimate of drug-likeness (QED) is 0.832. The lowest BCUT2D eigenvalue weighted by Gasteiger charge is -2.23. The van der Waals surface area contributed by atoms with Gasteiger partial charge in [-0.05, 0) is 43.4 Å². The number of benzene rings is 1. The normalized spacial score (nSPS) is 17.8. The maximum Gasteiger partial charge on any atom is 0.136 e. The number of hydrogen-bond acceptors (Lipinski definition) is 3. The third-order valence-electron chi connectivity index (χ3n) is 4.62. The summed E-state index contributed by atoms with van der Waals surface area (Å²) in [6, 6.07) is 8.51. The van der Waals surface area contributed by atoms with Crippen LogP contribution in [0.3, 0.4) is 0 Å². The molecular weight excluding hydrogens is 260 g/mol. The minimum absolute atomic E-state index is 0.546. The smallest absolute Gasteiger partial charge is 0.136 e. The molecule has 0 radical (unpaired) electrons. The molecule has 0 saturated heterocycles. The van der Waals surface area contributed by atoms with Crippen LogP contribution < -0.4 is 10.1 Å². The zero-order valence-electron chi connectivity index (χ0n) is 13.2. The third-order valence-corrected chi connectivity index (χ3v) is 4.62. The van der Waals surface area contributed by atoms with E-state index in [0.717, 1.165) is 12.5 Å². The number of hydrogen-bond donors (Lipinski definition) is 1. The van der Waals surface area contributed by atoms with Gasteiger partial charge in [0.2, 0.25) is 0 Å². The molecule has 1 aromatic carbocycles. The lowest BCUT2D eigenvalue weighted by molar-refractivity contribution is 0.336. The summed E-state index contributed by atoms with van der Waals surface area (Å²) < 4.78 is 5.27. The Bertz CT molecular complexity index is 484. The second kappa shape index (κ2) is 8.05. The zero-order chi connectivity index (χ0) is 15.1. The van der Waals surface area contributed by atoms with Crippen LogP contribution in [0.15, 0.2) is 18.2 Å². The molecule has 0 unspecified atom stereocenters. The van der Waals surface area contributed by atoms with Crippen molar-refractivity contribution >= 4 is 0 Å². The molecule has 1 saturated carbocycles. The van der Waals surface area contributed by atoms with Crippen LogP contribution in [-0.4, -0.2) is 13.2 Å². The molecule has 2 rings (SSSR count). The van der Waals surface area contributed by atoms with Crippen LogP contribution in [0.1, 0.15) is 56.6 Å². The van der Waals surface area contributed by atoms with Gasteiger partial charge in [-0.2, -0.15) is 5.26 Å². The fourth-order valence-electron chi connectivity index (χ4n) is 3.19. The predicted molar refractivity (Wildman–Crippen MR) is 85.2 cm³/mol. The van der Waals surface area contributed by atoms with Gasteiger partial charge in [-0.3, -0.25) is 0 Å². The maximum atomic E-state index is 9.01. The topological polar surface area (TPSA) is 45.0 Å². The number of methoxy groups -OCH3 is 1. The van der Waals surface area contributed by atoms with Gasteiger partial charge in [0.15, 0.2) is 0 Å². The van der Waals surface area contributed by atoms with Gasteiger partial charge < -0.3 is 10.1 Å². The predicted octanol–water partition coefficient (Wildman–Crippen LogP) is 4.02. The Hall–Kier alpha value is -1.53. The van der Waals surface area contributed by atoms with Crippen LogP contribution in [0.4, 0.5) is 0 Å². The van der Waals surface area contributed by atoms with Crippen molar-refractivity contribution in [3.8, 4) is 11.8 Å². The van der Waals surface area contributed by atoms with Gasteiger partial charge in [0, 0.05) is 12.6 Å². The van der Waals surface area contributed by atoms with Crippen molar-refractivity contribution in [2.75, 3.05) is 7.11 Å². The summed E-state index contributed by atoms with van der Waals surface area (Å²) >= 11 is 0. The summed E-state index contributed by atoms with van der Waals surface area (Å²) in [7, 11) is 1.61. The highest BCUT2D eigenvalue weighted by Gasteiger charge is 2.18. The molecule has 3 nitrogen and oxygen atoms in total. The van der Waals surface area contributed by atoms with Gasteiger partial charge in [-0.1, -0.05) is 31.7 Å². The SMILES string of the molecule is COc1cc(CN[C@H](C)C2CCCCCC2)ccc1C#N. The van der Waals surface area contributed by atoms with E-state index < -0.39 is 0 Å². The van der Waals surface area contributed by atoms with Crippen LogP contribution >= 0.6 is 0 Å². The lowest BCUT2D eigenvalue weighted by atomic mass is 9.93. The van der Waals surface area contributed by atoms with Gasteiger partial charge in [-0.25, -0.2) is 0 Å². The first-order valence-electron chi connectivity index (χ1n) is 8.05. The first-order valence-corrected chi connectivity index (χ1v) is 8.05. The minimum atomic E-state index is 0.546. The van der Waals surface area contributed by atoms with E-state index in [0.29, 0.717) is 17.4 Å². The van der Waals surface area contributed by atoms with E-state index >= 15 is 0 Å². The fraction of sp³-hybridized carbons (Fsp3) is 0.611. The molecule has 1 aliphatic rings. The fourth-order valence-corrected chi connectivity index (χ4v) is 3.19. The van der Waals surface area contributed by atoms with Crippen LogP contribution in [0.5, 0.6) is 5.75 Å². The molecular formula is C18H26N2O. The summed E-state index contributed by atoms with van der Waals surface area (Å²) in [5.74, 6) is 1.46. The second-order valence-corrected chi connectivity index (χ2v) is 6.07. The van der Waals surface area contributed by atoms with E-state index in [1.54, 1.807) is 7.11 Å². The van der Waals surface area contributed by atoms with Crippen LogP contribution in [-0.2, 0) is 6.54 Å². The molecule has 114 valence electrons.